The van der Waals surface area contributed by atoms with Crippen molar-refractivity contribution in [1.29, 1.82) is 0 Å². The van der Waals surface area contributed by atoms with Gasteiger partial charge in [-0.1, -0.05) is 34.8 Å². The third-order valence-corrected chi connectivity index (χ3v) is 4.11. The summed E-state index contributed by atoms with van der Waals surface area (Å²) in [6.45, 7) is 0. The summed E-state index contributed by atoms with van der Waals surface area (Å²) in [7, 11) is 0. The molecule has 0 aliphatic rings. The van der Waals surface area contributed by atoms with Crippen LogP contribution in [0.5, 0.6) is 0 Å². The second kappa shape index (κ2) is 6.55. The minimum Gasteiger partial charge on any atom is -0.481 e. The second-order valence-electron chi connectivity index (χ2n) is 4.55. The fraction of sp³-hybridized carbons (Fsp3) is 0.143. The molecule has 0 saturated carbocycles. The zero-order chi connectivity index (χ0) is 17.4. The first kappa shape index (κ1) is 17.8. The summed E-state index contributed by atoms with van der Waals surface area (Å²) in [5.74, 6) is -1.39. The van der Waals surface area contributed by atoms with Gasteiger partial charge in [-0.2, -0.15) is 13.2 Å². The van der Waals surface area contributed by atoms with E-state index in [-0.39, 0.29) is 20.8 Å². The normalized spacial score (nSPS) is 11.6. The number of alkyl halides is 3. The van der Waals surface area contributed by atoms with E-state index in [4.69, 9.17) is 39.9 Å². The SMILES string of the molecule is O=C(O)Cc1cc(-c2cc(Cl)c(Cl)c(Cl)c2)ncc1C(F)(F)F. The average molecular weight is 385 g/mol. The molecule has 23 heavy (non-hydrogen) atoms. The molecule has 1 heterocycles. The molecule has 0 amide bonds. The average Bonchev–Trinajstić information content (AvgIpc) is 2.42. The van der Waals surface area contributed by atoms with Crippen molar-refractivity contribution in [1.82, 2.24) is 4.98 Å². The highest BCUT2D eigenvalue weighted by Crippen LogP contribution is 2.37. The van der Waals surface area contributed by atoms with Crippen LogP contribution in [0.2, 0.25) is 15.1 Å². The Labute approximate surface area is 143 Å². The van der Waals surface area contributed by atoms with Crippen LogP contribution in [0.1, 0.15) is 11.1 Å². The minimum absolute atomic E-state index is 0.106. The molecule has 0 radical (unpaired) electrons. The van der Waals surface area contributed by atoms with Crippen molar-refractivity contribution in [2.24, 2.45) is 0 Å². The molecule has 3 nitrogen and oxygen atoms in total. The van der Waals surface area contributed by atoms with Crippen LogP contribution in [0.3, 0.4) is 0 Å². The van der Waals surface area contributed by atoms with Crippen LogP contribution in [0.25, 0.3) is 11.3 Å². The molecule has 0 aliphatic carbocycles. The molecule has 122 valence electrons. The number of aromatic nitrogens is 1. The molecule has 0 aliphatic heterocycles. The van der Waals surface area contributed by atoms with Gasteiger partial charge in [-0.3, -0.25) is 9.78 Å². The van der Waals surface area contributed by atoms with Gasteiger partial charge in [0, 0.05) is 11.8 Å². The number of nitrogens with zero attached hydrogens (tertiary/aromatic N) is 1. The van der Waals surface area contributed by atoms with Gasteiger partial charge < -0.3 is 5.11 Å². The van der Waals surface area contributed by atoms with Crippen LogP contribution in [-0.2, 0) is 17.4 Å². The lowest BCUT2D eigenvalue weighted by atomic mass is 10.0. The summed E-state index contributed by atoms with van der Waals surface area (Å²) in [6.07, 6.45) is -4.91. The van der Waals surface area contributed by atoms with Crippen LogP contribution in [0, 0.1) is 0 Å². The minimum atomic E-state index is -4.70. The fourth-order valence-corrected chi connectivity index (χ4v) is 2.52. The maximum absolute atomic E-state index is 12.9. The number of hydrogen-bond donors (Lipinski definition) is 1. The Kier molecular flexibility index (Phi) is 5.08. The Bertz CT molecular complexity index is 755. The zero-order valence-corrected chi connectivity index (χ0v) is 13.4. The molecule has 0 saturated heterocycles. The largest absolute Gasteiger partial charge is 0.481 e. The van der Waals surface area contributed by atoms with Gasteiger partial charge in [-0.05, 0) is 23.8 Å². The van der Waals surface area contributed by atoms with E-state index in [0.29, 0.717) is 11.8 Å². The molecule has 2 aromatic rings. The van der Waals surface area contributed by atoms with E-state index in [0.717, 1.165) is 6.07 Å². The van der Waals surface area contributed by atoms with E-state index < -0.39 is 29.7 Å². The van der Waals surface area contributed by atoms with Gasteiger partial charge >= 0.3 is 12.1 Å². The van der Waals surface area contributed by atoms with Crippen molar-refractivity contribution in [3.8, 4) is 11.3 Å². The summed E-state index contributed by atoms with van der Waals surface area (Å²) in [5.41, 5.74) is -1.08. The fourth-order valence-electron chi connectivity index (χ4n) is 1.92. The number of carboxylic acids is 1. The van der Waals surface area contributed by atoms with Crippen molar-refractivity contribution in [2.45, 2.75) is 12.6 Å². The summed E-state index contributed by atoms with van der Waals surface area (Å²) < 4.78 is 38.8. The zero-order valence-electron chi connectivity index (χ0n) is 11.1. The molecule has 1 N–H and O–H groups in total. The first-order valence-corrected chi connectivity index (χ1v) is 7.16. The monoisotopic (exact) mass is 383 g/mol. The van der Waals surface area contributed by atoms with Gasteiger partial charge in [0.15, 0.2) is 0 Å². The Balaban J connectivity index is 2.59. The van der Waals surface area contributed by atoms with E-state index in [1.165, 1.54) is 12.1 Å². The maximum atomic E-state index is 12.9. The Hall–Kier alpha value is -1.50. The molecule has 0 atom stereocenters. The lowest BCUT2D eigenvalue weighted by molar-refractivity contribution is -0.139. The number of aliphatic carboxylic acids is 1. The topological polar surface area (TPSA) is 50.2 Å². The van der Waals surface area contributed by atoms with Crippen LogP contribution >= 0.6 is 34.8 Å². The first-order valence-electron chi connectivity index (χ1n) is 6.02. The highest BCUT2D eigenvalue weighted by molar-refractivity contribution is 6.48. The second-order valence-corrected chi connectivity index (χ2v) is 5.74. The molecule has 1 aromatic carbocycles. The highest BCUT2D eigenvalue weighted by Gasteiger charge is 2.34. The molecule has 1 aromatic heterocycles. The predicted molar refractivity (Wildman–Crippen MR) is 81.0 cm³/mol. The van der Waals surface area contributed by atoms with Gasteiger partial charge in [-0.15, -0.1) is 0 Å². The number of carboxylic acid groups (broad SMARTS) is 1. The first-order chi connectivity index (χ1) is 10.6. The number of halogens is 6. The van der Waals surface area contributed by atoms with Gasteiger partial charge in [0.25, 0.3) is 0 Å². The molecular formula is C14H7Cl3F3NO2. The Morgan fingerprint density at radius 3 is 2.17 bits per heavy atom. The smallest absolute Gasteiger partial charge is 0.418 e. The molecule has 0 unspecified atom stereocenters. The van der Waals surface area contributed by atoms with Crippen LogP contribution in [0.15, 0.2) is 24.4 Å². The lowest BCUT2D eigenvalue weighted by Gasteiger charge is -2.13. The van der Waals surface area contributed by atoms with Crippen LogP contribution in [-0.4, -0.2) is 16.1 Å². The Morgan fingerprint density at radius 1 is 1.13 bits per heavy atom. The third kappa shape index (κ3) is 4.07. The number of hydrogen-bond acceptors (Lipinski definition) is 2. The molecule has 0 bridgehead atoms. The van der Waals surface area contributed by atoms with Gasteiger partial charge in [-0.25, -0.2) is 0 Å². The summed E-state index contributed by atoms with van der Waals surface area (Å²) in [4.78, 5) is 14.5. The number of carbonyl (C=O) groups is 1. The van der Waals surface area contributed by atoms with E-state index in [9.17, 15) is 18.0 Å². The van der Waals surface area contributed by atoms with Crippen molar-refractivity contribution < 1.29 is 23.1 Å². The predicted octanol–water partition coefficient (Wildman–Crippen LogP) is 5.35. The molecule has 9 heteroatoms. The molecular weight excluding hydrogens is 378 g/mol. The number of pyridine rings is 1. The lowest BCUT2D eigenvalue weighted by Crippen LogP contribution is -2.13. The number of benzene rings is 1. The third-order valence-electron chi connectivity index (χ3n) is 2.92. The summed E-state index contributed by atoms with van der Waals surface area (Å²) >= 11 is 17.6. The van der Waals surface area contributed by atoms with E-state index in [2.05, 4.69) is 4.98 Å². The van der Waals surface area contributed by atoms with Gasteiger partial charge in [0.05, 0.1) is 32.7 Å². The quantitative estimate of drug-likeness (QED) is 0.725. The number of rotatable bonds is 3. The molecule has 0 fully saturated rings. The summed E-state index contributed by atoms with van der Waals surface area (Å²) in [6, 6.07) is 3.82. The molecule has 0 spiro atoms. The maximum Gasteiger partial charge on any atom is 0.418 e. The summed E-state index contributed by atoms with van der Waals surface area (Å²) in [5, 5.41) is 9.12. The van der Waals surface area contributed by atoms with Crippen LogP contribution in [0.4, 0.5) is 13.2 Å². The van der Waals surface area contributed by atoms with Crippen molar-refractivity contribution in [3.63, 3.8) is 0 Å². The molecule has 2 rings (SSSR count). The van der Waals surface area contributed by atoms with Crippen molar-refractivity contribution in [2.75, 3.05) is 0 Å². The van der Waals surface area contributed by atoms with Crippen LogP contribution < -0.4 is 0 Å². The Morgan fingerprint density at radius 2 is 1.70 bits per heavy atom. The van der Waals surface area contributed by atoms with Crippen molar-refractivity contribution in [3.05, 3.63) is 50.6 Å². The van der Waals surface area contributed by atoms with E-state index >= 15 is 0 Å². The van der Waals surface area contributed by atoms with E-state index in [1.807, 2.05) is 0 Å². The van der Waals surface area contributed by atoms with Crippen molar-refractivity contribution >= 4 is 40.8 Å². The van der Waals surface area contributed by atoms with Gasteiger partial charge in [0.2, 0.25) is 0 Å². The van der Waals surface area contributed by atoms with Gasteiger partial charge in [0.1, 0.15) is 0 Å². The highest BCUT2D eigenvalue weighted by atomic mass is 35.5. The standard InChI is InChI=1S/C14H7Cl3F3NO2/c15-9-1-7(2-10(16)13(9)17)11-3-6(4-12(22)23)8(5-21-11)14(18,19)20/h1-3,5H,4H2,(H,22,23). The van der Waals surface area contributed by atoms with E-state index in [1.54, 1.807) is 0 Å².